The van der Waals surface area contributed by atoms with Gasteiger partial charge in [0.25, 0.3) is 0 Å². The zero-order valence-corrected chi connectivity index (χ0v) is 15.2. The topological polar surface area (TPSA) is 35.7 Å². The number of hydrogen-bond acceptors (Lipinski definition) is 4. The van der Waals surface area contributed by atoms with E-state index in [1.165, 1.54) is 45.6 Å². The molecule has 2 aliphatic rings. The molecule has 2 rings (SSSR count). The van der Waals surface area contributed by atoms with Gasteiger partial charge in [-0.1, -0.05) is 0 Å². The summed E-state index contributed by atoms with van der Waals surface area (Å²) in [6.45, 7) is 17.4. The predicted octanol–water partition coefficient (Wildman–Crippen LogP) is 1.85. The number of piperazine rings is 1. The third kappa shape index (κ3) is 6.64. The number of nitrogens with zero attached hydrogens (tertiary/aromatic N) is 3. The fourth-order valence-electron chi connectivity index (χ4n) is 2.98. The molecule has 2 aliphatic heterocycles. The molecular formula is C17H38N4. The van der Waals surface area contributed by atoms with E-state index in [1.54, 1.807) is 0 Å². The maximum Gasteiger partial charge on any atom is 0.0192 e. The Hall–Kier alpha value is -0.160. The summed E-state index contributed by atoms with van der Waals surface area (Å²) in [5.74, 6) is 0. The van der Waals surface area contributed by atoms with Crippen molar-refractivity contribution in [1.82, 2.24) is 14.7 Å². The van der Waals surface area contributed by atoms with Crippen molar-refractivity contribution in [3.05, 3.63) is 0 Å². The van der Waals surface area contributed by atoms with Crippen molar-refractivity contribution in [3.63, 3.8) is 0 Å². The molecule has 2 saturated heterocycles. The SMILES string of the molecule is CC(C)N1CCC(N)CC1.CC1CN(C(C)C)CCN1C. The summed E-state index contributed by atoms with van der Waals surface area (Å²) in [7, 11) is 2.21. The molecule has 2 fully saturated rings. The van der Waals surface area contributed by atoms with Crippen LogP contribution in [0.1, 0.15) is 47.5 Å². The third-order valence-electron chi connectivity index (χ3n) is 5.03. The Bertz CT molecular complexity index is 272. The van der Waals surface area contributed by atoms with Crippen molar-refractivity contribution < 1.29 is 0 Å². The molecule has 0 aromatic heterocycles. The minimum atomic E-state index is 0.468. The Labute approximate surface area is 132 Å². The maximum atomic E-state index is 5.77. The smallest absolute Gasteiger partial charge is 0.0192 e. The zero-order valence-electron chi connectivity index (χ0n) is 15.2. The lowest BCUT2D eigenvalue weighted by Crippen LogP contribution is -2.52. The molecule has 4 nitrogen and oxygen atoms in total. The Kier molecular flexibility index (Phi) is 8.17. The second-order valence-corrected chi connectivity index (χ2v) is 7.39. The Morgan fingerprint density at radius 2 is 1.38 bits per heavy atom. The average molecular weight is 299 g/mol. The van der Waals surface area contributed by atoms with Crippen molar-refractivity contribution >= 4 is 0 Å². The van der Waals surface area contributed by atoms with Gasteiger partial charge in [0.1, 0.15) is 0 Å². The minimum Gasteiger partial charge on any atom is -0.328 e. The second-order valence-electron chi connectivity index (χ2n) is 7.39. The summed E-state index contributed by atoms with van der Waals surface area (Å²) in [6.07, 6.45) is 2.36. The first-order valence-corrected chi connectivity index (χ1v) is 8.75. The van der Waals surface area contributed by atoms with E-state index in [9.17, 15) is 0 Å². The molecule has 126 valence electrons. The van der Waals surface area contributed by atoms with E-state index in [0.717, 1.165) is 6.04 Å². The first-order chi connectivity index (χ1) is 9.81. The van der Waals surface area contributed by atoms with Gasteiger partial charge in [-0.3, -0.25) is 4.90 Å². The van der Waals surface area contributed by atoms with E-state index in [1.807, 2.05) is 0 Å². The predicted molar refractivity (Wildman–Crippen MR) is 92.7 cm³/mol. The lowest BCUT2D eigenvalue weighted by atomic mass is 10.1. The number of rotatable bonds is 2. The van der Waals surface area contributed by atoms with Crippen LogP contribution in [-0.4, -0.2) is 78.6 Å². The van der Waals surface area contributed by atoms with Crippen molar-refractivity contribution in [1.29, 1.82) is 0 Å². The molecule has 1 unspecified atom stereocenters. The first-order valence-electron chi connectivity index (χ1n) is 8.75. The highest BCUT2D eigenvalue weighted by Gasteiger charge is 2.21. The Morgan fingerprint density at radius 1 is 0.857 bits per heavy atom. The van der Waals surface area contributed by atoms with Crippen LogP contribution in [0.3, 0.4) is 0 Å². The summed E-state index contributed by atoms with van der Waals surface area (Å²) >= 11 is 0. The molecule has 0 bridgehead atoms. The highest BCUT2D eigenvalue weighted by Crippen LogP contribution is 2.10. The zero-order chi connectivity index (χ0) is 16.0. The summed E-state index contributed by atoms with van der Waals surface area (Å²) in [5, 5.41) is 0. The number of likely N-dealkylation sites (N-methyl/N-ethyl adjacent to an activating group) is 1. The van der Waals surface area contributed by atoms with Gasteiger partial charge in [-0.05, 0) is 67.6 Å². The maximum absolute atomic E-state index is 5.77. The molecule has 0 amide bonds. The van der Waals surface area contributed by atoms with Gasteiger partial charge in [-0.2, -0.15) is 0 Å². The van der Waals surface area contributed by atoms with Gasteiger partial charge in [0.05, 0.1) is 0 Å². The highest BCUT2D eigenvalue weighted by molar-refractivity contribution is 4.78. The largest absolute Gasteiger partial charge is 0.328 e. The minimum absolute atomic E-state index is 0.468. The van der Waals surface area contributed by atoms with E-state index in [0.29, 0.717) is 18.1 Å². The summed E-state index contributed by atoms with van der Waals surface area (Å²) < 4.78 is 0. The van der Waals surface area contributed by atoms with E-state index in [2.05, 4.69) is 56.4 Å². The van der Waals surface area contributed by atoms with Crippen molar-refractivity contribution in [2.75, 3.05) is 39.8 Å². The van der Waals surface area contributed by atoms with Gasteiger partial charge in [0.2, 0.25) is 0 Å². The normalized spacial score (nSPS) is 27.0. The van der Waals surface area contributed by atoms with Crippen LogP contribution in [0, 0.1) is 0 Å². The molecule has 0 spiro atoms. The Morgan fingerprint density at radius 3 is 1.81 bits per heavy atom. The summed E-state index contributed by atoms with van der Waals surface area (Å²) in [6, 6.07) is 2.61. The van der Waals surface area contributed by atoms with Crippen LogP contribution >= 0.6 is 0 Å². The molecule has 0 radical (unpaired) electrons. The van der Waals surface area contributed by atoms with Crippen molar-refractivity contribution in [2.24, 2.45) is 5.73 Å². The summed E-state index contributed by atoms with van der Waals surface area (Å²) in [5.41, 5.74) is 5.77. The number of likely N-dealkylation sites (tertiary alicyclic amines) is 1. The third-order valence-corrected chi connectivity index (χ3v) is 5.03. The highest BCUT2D eigenvalue weighted by atomic mass is 15.3. The van der Waals surface area contributed by atoms with Crippen LogP contribution in [0.5, 0.6) is 0 Å². The van der Waals surface area contributed by atoms with Gasteiger partial charge in [-0.15, -0.1) is 0 Å². The van der Waals surface area contributed by atoms with Gasteiger partial charge < -0.3 is 15.5 Å². The van der Waals surface area contributed by atoms with Crippen LogP contribution in [0.2, 0.25) is 0 Å². The lowest BCUT2D eigenvalue weighted by Gasteiger charge is -2.39. The molecule has 0 saturated carbocycles. The average Bonchev–Trinajstić information content (AvgIpc) is 2.43. The standard InChI is InChI=1S/C9H20N2.C8H18N2/c1-8(2)11-6-5-10(4)9(3)7-11;1-7(2)10-5-3-8(9)4-6-10/h8-9H,5-7H2,1-4H3;7-8H,3-6,9H2,1-2H3. The molecule has 21 heavy (non-hydrogen) atoms. The van der Waals surface area contributed by atoms with Crippen molar-refractivity contribution in [3.8, 4) is 0 Å². The molecule has 2 heterocycles. The summed E-state index contributed by atoms with van der Waals surface area (Å²) in [4.78, 5) is 7.47. The molecular weight excluding hydrogens is 260 g/mol. The van der Waals surface area contributed by atoms with Gasteiger partial charge in [0.15, 0.2) is 0 Å². The Balaban J connectivity index is 0.000000211. The molecule has 4 heteroatoms. The van der Waals surface area contributed by atoms with Gasteiger partial charge in [0, 0.05) is 43.8 Å². The number of hydrogen-bond donors (Lipinski definition) is 1. The lowest BCUT2D eigenvalue weighted by molar-refractivity contribution is 0.0832. The van der Waals surface area contributed by atoms with Crippen LogP contribution in [0.4, 0.5) is 0 Å². The van der Waals surface area contributed by atoms with Crippen LogP contribution in [0.15, 0.2) is 0 Å². The van der Waals surface area contributed by atoms with Crippen molar-refractivity contribution in [2.45, 2.75) is 71.6 Å². The van der Waals surface area contributed by atoms with E-state index in [-0.39, 0.29) is 0 Å². The van der Waals surface area contributed by atoms with Gasteiger partial charge in [-0.25, -0.2) is 0 Å². The van der Waals surface area contributed by atoms with E-state index in [4.69, 9.17) is 5.73 Å². The van der Waals surface area contributed by atoms with E-state index >= 15 is 0 Å². The molecule has 2 N–H and O–H groups in total. The second kappa shape index (κ2) is 9.09. The molecule has 0 aromatic rings. The fraction of sp³-hybridized carbons (Fsp3) is 1.00. The monoisotopic (exact) mass is 298 g/mol. The first kappa shape index (κ1) is 18.9. The number of nitrogens with two attached hydrogens (primary N) is 1. The molecule has 0 aromatic carbocycles. The van der Waals surface area contributed by atoms with Crippen LogP contribution in [0.25, 0.3) is 0 Å². The molecule has 1 atom stereocenters. The van der Waals surface area contributed by atoms with Gasteiger partial charge >= 0.3 is 0 Å². The van der Waals surface area contributed by atoms with Crippen LogP contribution < -0.4 is 5.73 Å². The van der Waals surface area contributed by atoms with Crippen LogP contribution in [-0.2, 0) is 0 Å². The fourth-order valence-corrected chi connectivity index (χ4v) is 2.98. The quantitative estimate of drug-likeness (QED) is 0.844. The number of piperidine rings is 1. The van der Waals surface area contributed by atoms with E-state index < -0.39 is 0 Å². The molecule has 0 aliphatic carbocycles.